The summed E-state index contributed by atoms with van der Waals surface area (Å²) in [6, 6.07) is 0. The van der Waals surface area contributed by atoms with E-state index in [4.69, 9.17) is 17.7 Å². The molecule has 0 saturated carbocycles. The van der Waals surface area contributed by atoms with Crippen LogP contribution in [0.25, 0.3) is 0 Å². The van der Waals surface area contributed by atoms with Gasteiger partial charge in [-0.05, 0) is 38.5 Å². The third kappa shape index (κ3) is 18.6. The molecule has 0 aliphatic rings. The van der Waals surface area contributed by atoms with E-state index in [0.29, 0.717) is 26.4 Å². The van der Waals surface area contributed by atoms with Crippen molar-refractivity contribution >= 4 is 9.05 Å². The van der Waals surface area contributed by atoms with Crippen LogP contribution in [0.1, 0.15) is 124 Å². The Kier molecular flexibility index (Phi) is 23.3. The first-order chi connectivity index (χ1) is 14.7. The molecular weight excluding hydrogens is 392 g/mol. The van der Waals surface area contributed by atoms with Gasteiger partial charge in [-0.25, -0.2) is 0 Å². The molecule has 180 valence electrons. The molecule has 0 fully saturated rings. The van der Waals surface area contributed by atoms with E-state index in [1.54, 1.807) is 0 Å². The number of allylic oxidation sites excluding steroid dienone is 1. The van der Waals surface area contributed by atoms with Gasteiger partial charge < -0.3 is 17.7 Å². The summed E-state index contributed by atoms with van der Waals surface area (Å²) in [7, 11) is -3.06. The first-order valence-electron chi connectivity index (χ1n) is 12.9. The van der Waals surface area contributed by atoms with Gasteiger partial charge in [0, 0.05) is 26.4 Å². The standard InChI is InChI=1S/C25H52O4Si/c1-5-9-13-17-21-25-29-30(26-22-18-14-10-6-2,27-23-19-15-11-7-3)28-24-20-16-12-8-4/h5H,1,6-25H2,2-4H3. The molecule has 0 aliphatic carbocycles. The monoisotopic (exact) mass is 444 g/mol. The molecule has 0 N–H and O–H groups in total. The molecule has 0 unspecified atom stereocenters. The van der Waals surface area contributed by atoms with Crippen LogP contribution in [0, 0.1) is 0 Å². The summed E-state index contributed by atoms with van der Waals surface area (Å²) in [5.41, 5.74) is 0. The third-order valence-corrected chi connectivity index (χ3v) is 7.39. The van der Waals surface area contributed by atoms with Crippen LogP contribution in [0.2, 0.25) is 0 Å². The highest BCUT2D eigenvalue weighted by molar-refractivity contribution is 6.53. The Hall–Kier alpha value is -0.203. The lowest BCUT2D eigenvalue weighted by molar-refractivity contribution is -0.0375. The van der Waals surface area contributed by atoms with E-state index in [-0.39, 0.29) is 0 Å². The van der Waals surface area contributed by atoms with Crippen LogP contribution in [0.3, 0.4) is 0 Å². The predicted molar refractivity (Wildman–Crippen MR) is 131 cm³/mol. The Morgan fingerprint density at radius 2 is 0.833 bits per heavy atom. The largest absolute Gasteiger partial charge is 0.679 e. The highest BCUT2D eigenvalue weighted by Gasteiger charge is 2.45. The second-order valence-electron chi connectivity index (χ2n) is 8.21. The van der Waals surface area contributed by atoms with Gasteiger partial charge in [-0.15, -0.1) is 6.58 Å². The van der Waals surface area contributed by atoms with Crippen molar-refractivity contribution in [2.45, 2.75) is 124 Å². The zero-order chi connectivity index (χ0) is 22.2. The molecule has 0 atom stereocenters. The zero-order valence-electron chi connectivity index (χ0n) is 20.6. The van der Waals surface area contributed by atoms with Gasteiger partial charge in [0.15, 0.2) is 0 Å². The Morgan fingerprint density at radius 1 is 0.500 bits per heavy atom. The van der Waals surface area contributed by atoms with Crippen LogP contribution in [-0.4, -0.2) is 35.5 Å². The molecule has 0 rings (SSSR count). The average Bonchev–Trinajstić information content (AvgIpc) is 2.75. The number of unbranched alkanes of at least 4 members (excludes halogenated alkanes) is 12. The van der Waals surface area contributed by atoms with Crippen molar-refractivity contribution in [2.24, 2.45) is 0 Å². The summed E-state index contributed by atoms with van der Waals surface area (Å²) in [4.78, 5) is 0. The SMILES string of the molecule is C=CCCCCCO[Si](OCCCCCC)(OCCCCCC)OCCCCCC. The molecule has 4 nitrogen and oxygen atoms in total. The van der Waals surface area contributed by atoms with Crippen LogP contribution < -0.4 is 0 Å². The molecule has 30 heavy (non-hydrogen) atoms. The summed E-state index contributed by atoms with van der Waals surface area (Å²) in [6.07, 6.45) is 20.5. The molecule has 0 amide bonds. The molecule has 0 aliphatic heterocycles. The van der Waals surface area contributed by atoms with Crippen molar-refractivity contribution in [3.8, 4) is 0 Å². The van der Waals surface area contributed by atoms with E-state index in [0.717, 1.165) is 44.9 Å². The van der Waals surface area contributed by atoms with E-state index >= 15 is 0 Å². The third-order valence-electron chi connectivity index (χ3n) is 5.16. The molecule has 0 aromatic carbocycles. The van der Waals surface area contributed by atoms with Gasteiger partial charge in [0.2, 0.25) is 0 Å². The molecule has 0 saturated heterocycles. The lowest BCUT2D eigenvalue weighted by Gasteiger charge is -2.28. The Morgan fingerprint density at radius 3 is 1.13 bits per heavy atom. The first kappa shape index (κ1) is 29.8. The van der Waals surface area contributed by atoms with E-state index in [9.17, 15) is 0 Å². The van der Waals surface area contributed by atoms with Gasteiger partial charge in [-0.3, -0.25) is 0 Å². The van der Waals surface area contributed by atoms with Crippen molar-refractivity contribution in [3.63, 3.8) is 0 Å². The van der Waals surface area contributed by atoms with Crippen molar-refractivity contribution in [1.82, 2.24) is 0 Å². The second kappa shape index (κ2) is 23.5. The fourth-order valence-electron chi connectivity index (χ4n) is 3.19. The van der Waals surface area contributed by atoms with E-state index in [1.165, 1.54) is 57.8 Å². The smallest absolute Gasteiger partial charge is 0.351 e. The lowest BCUT2D eigenvalue weighted by atomic mass is 10.2. The van der Waals surface area contributed by atoms with Crippen molar-refractivity contribution in [2.75, 3.05) is 26.4 Å². The Bertz CT molecular complexity index is 316. The molecular formula is C25H52O4Si. The number of hydrogen-bond donors (Lipinski definition) is 0. The molecule has 0 aromatic heterocycles. The van der Waals surface area contributed by atoms with Crippen LogP contribution in [0.5, 0.6) is 0 Å². The van der Waals surface area contributed by atoms with Crippen LogP contribution in [0.4, 0.5) is 0 Å². The molecule has 0 bridgehead atoms. The number of rotatable bonds is 25. The summed E-state index contributed by atoms with van der Waals surface area (Å²) < 4.78 is 25.1. The van der Waals surface area contributed by atoms with Crippen LogP contribution in [-0.2, 0) is 17.7 Å². The molecule has 0 heterocycles. The van der Waals surface area contributed by atoms with E-state index in [1.807, 2.05) is 6.08 Å². The zero-order valence-corrected chi connectivity index (χ0v) is 21.6. The maximum atomic E-state index is 6.28. The topological polar surface area (TPSA) is 36.9 Å². The first-order valence-corrected chi connectivity index (χ1v) is 14.5. The highest BCUT2D eigenvalue weighted by Crippen LogP contribution is 2.17. The van der Waals surface area contributed by atoms with Gasteiger partial charge in [0.1, 0.15) is 0 Å². The fraction of sp³-hybridized carbons (Fsp3) is 0.920. The minimum atomic E-state index is -3.06. The molecule has 0 spiro atoms. The van der Waals surface area contributed by atoms with Crippen LogP contribution in [0.15, 0.2) is 12.7 Å². The van der Waals surface area contributed by atoms with E-state index in [2.05, 4.69) is 27.4 Å². The summed E-state index contributed by atoms with van der Waals surface area (Å²) in [6.45, 7) is 13.2. The summed E-state index contributed by atoms with van der Waals surface area (Å²) in [5, 5.41) is 0. The summed E-state index contributed by atoms with van der Waals surface area (Å²) >= 11 is 0. The Balaban J connectivity index is 4.71. The average molecular weight is 445 g/mol. The van der Waals surface area contributed by atoms with Crippen molar-refractivity contribution in [1.29, 1.82) is 0 Å². The molecule has 0 aromatic rings. The number of hydrogen-bond acceptors (Lipinski definition) is 4. The van der Waals surface area contributed by atoms with Gasteiger partial charge in [-0.2, -0.15) is 0 Å². The second-order valence-corrected chi connectivity index (χ2v) is 10.4. The molecule has 5 heteroatoms. The van der Waals surface area contributed by atoms with Gasteiger partial charge in [0.25, 0.3) is 0 Å². The molecule has 0 radical (unpaired) electrons. The normalized spacial score (nSPS) is 11.8. The van der Waals surface area contributed by atoms with E-state index < -0.39 is 9.05 Å². The minimum absolute atomic E-state index is 0.655. The Labute approximate surface area is 189 Å². The van der Waals surface area contributed by atoms with Gasteiger partial charge >= 0.3 is 9.05 Å². The minimum Gasteiger partial charge on any atom is -0.351 e. The summed E-state index contributed by atoms with van der Waals surface area (Å²) in [5.74, 6) is 0. The quantitative estimate of drug-likeness (QED) is 0.0812. The lowest BCUT2D eigenvalue weighted by Crippen LogP contribution is -2.50. The van der Waals surface area contributed by atoms with Gasteiger partial charge in [-0.1, -0.05) is 91.1 Å². The predicted octanol–water partition coefficient (Wildman–Crippen LogP) is 7.98. The van der Waals surface area contributed by atoms with Gasteiger partial charge in [0.05, 0.1) is 0 Å². The fourth-order valence-corrected chi connectivity index (χ4v) is 5.27. The van der Waals surface area contributed by atoms with Crippen molar-refractivity contribution in [3.05, 3.63) is 12.7 Å². The maximum Gasteiger partial charge on any atom is 0.679 e. The maximum absolute atomic E-state index is 6.28. The van der Waals surface area contributed by atoms with Crippen molar-refractivity contribution < 1.29 is 17.7 Å². The van der Waals surface area contributed by atoms with Crippen LogP contribution >= 0.6 is 0 Å². The highest BCUT2D eigenvalue weighted by atomic mass is 28.4.